The van der Waals surface area contributed by atoms with Crippen molar-refractivity contribution < 1.29 is 53.9 Å². The summed E-state index contributed by atoms with van der Waals surface area (Å²) in [5.74, 6) is -2.59. The number of aromatic nitrogens is 4. The van der Waals surface area contributed by atoms with E-state index in [2.05, 4.69) is 57.2 Å². The fraction of sp³-hybridized carbons (Fsp3) is 0.344. The number of nitrogens with zero attached hydrogens (tertiary/aromatic N) is 6. The van der Waals surface area contributed by atoms with Crippen molar-refractivity contribution in [2.24, 2.45) is 0 Å². The molecule has 4 aromatic rings. The molecular formula is C32H39F2I4N6O7S2-. The Kier molecular flexibility index (Phi) is 20.1. The van der Waals surface area contributed by atoms with Crippen molar-refractivity contribution in [2.75, 3.05) is 35.2 Å². The van der Waals surface area contributed by atoms with E-state index in [-0.39, 0.29) is 71.3 Å². The fourth-order valence-electron chi connectivity index (χ4n) is 4.46. The van der Waals surface area contributed by atoms with E-state index in [1.165, 1.54) is 62.6 Å². The molecule has 0 unspecified atom stereocenters. The number of aromatic carboxylic acids is 1. The monoisotopic (exact) mass is 1230 g/mol. The number of anilines is 2. The normalized spacial score (nSPS) is 11.2. The van der Waals surface area contributed by atoms with Crippen molar-refractivity contribution in [3.8, 4) is 22.5 Å². The summed E-state index contributed by atoms with van der Waals surface area (Å²) in [4.78, 5) is 28.7. The second-order valence-electron chi connectivity index (χ2n) is 11.7. The first-order valence-electron chi connectivity index (χ1n) is 15.0. The summed E-state index contributed by atoms with van der Waals surface area (Å²) < 4.78 is 75.5. The summed E-state index contributed by atoms with van der Waals surface area (Å²) >= 11 is 5.30. The van der Waals surface area contributed by atoms with E-state index in [4.69, 9.17) is 0 Å². The zero-order chi connectivity index (χ0) is 39.7. The molecule has 2 aromatic heterocycles. The molecule has 2 aromatic carbocycles. The first-order chi connectivity index (χ1) is 24.1. The Morgan fingerprint density at radius 3 is 1.40 bits per heavy atom. The van der Waals surface area contributed by atoms with Crippen molar-refractivity contribution in [1.29, 1.82) is 0 Å². The van der Waals surface area contributed by atoms with Gasteiger partial charge in [-0.3, -0.25) is 0 Å². The average molecular weight is 1230 g/mol. The number of benzene rings is 2. The van der Waals surface area contributed by atoms with Gasteiger partial charge < -0.3 is 10.2 Å². The molecule has 0 saturated carbocycles. The number of rotatable bonds is 10. The molecule has 4 rings (SSSR count). The van der Waals surface area contributed by atoms with Crippen molar-refractivity contribution >= 4 is 99.1 Å². The Morgan fingerprint density at radius 2 is 1.08 bits per heavy atom. The molecule has 0 amide bonds. The van der Waals surface area contributed by atoms with Crippen LogP contribution in [0.2, 0.25) is 0 Å². The number of sulfonamides is 2. The first kappa shape index (κ1) is 49.3. The Bertz CT molecular complexity index is 2080. The van der Waals surface area contributed by atoms with E-state index in [9.17, 15) is 40.6 Å². The molecule has 0 fully saturated rings. The molecule has 0 saturated heterocycles. The van der Waals surface area contributed by atoms with Crippen LogP contribution in [-0.2, 0) is 26.7 Å². The molecule has 0 aliphatic heterocycles. The second kappa shape index (κ2) is 21.6. The number of aliphatic hydroxyl groups excluding tert-OH is 1. The van der Waals surface area contributed by atoms with Crippen LogP contribution in [0.15, 0.2) is 48.5 Å². The van der Waals surface area contributed by atoms with Crippen LogP contribution < -0.4 is 21.9 Å². The van der Waals surface area contributed by atoms with E-state index in [1.54, 1.807) is 13.8 Å². The van der Waals surface area contributed by atoms with Crippen LogP contribution in [-0.4, -0.2) is 79.6 Å². The van der Waals surface area contributed by atoms with Crippen LogP contribution in [0.1, 0.15) is 66.8 Å². The Hall–Kier alpha value is -1.69. The number of carboxylic acid groups (broad SMARTS) is 1. The van der Waals surface area contributed by atoms with Gasteiger partial charge in [0.05, 0.1) is 41.9 Å². The molecule has 0 aliphatic rings. The Balaban J connectivity index is 0.000000485. The molecule has 2 N–H and O–H groups in total. The second-order valence-corrected chi connectivity index (χ2v) is 31.9. The molecule has 0 atom stereocenters. The quantitative estimate of drug-likeness (QED) is 0.217. The van der Waals surface area contributed by atoms with Crippen LogP contribution >= 0.6 is 61.2 Å². The number of aliphatic hydroxyl groups is 1. The van der Waals surface area contributed by atoms with Gasteiger partial charge in [0.15, 0.2) is 0 Å². The van der Waals surface area contributed by atoms with Gasteiger partial charge in [-0.05, 0) is 60.4 Å². The summed E-state index contributed by atoms with van der Waals surface area (Å²) in [6.45, 7) is 6.96. The van der Waals surface area contributed by atoms with Gasteiger partial charge in [0, 0.05) is 30.8 Å². The molecule has 2 heterocycles. The minimum absolute atomic E-state index is 0. The third-order valence-corrected chi connectivity index (χ3v) is 9.53. The van der Waals surface area contributed by atoms with E-state index < -0.39 is 37.7 Å². The average Bonchev–Trinajstić information content (AvgIpc) is 3.06. The van der Waals surface area contributed by atoms with Crippen LogP contribution in [0.3, 0.4) is 0 Å². The molecule has 0 aliphatic carbocycles. The number of carbonyl (C=O) groups is 1. The molecule has 13 nitrogen and oxygen atoms in total. The van der Waals surface area contributed by atoms with Crippen LogP contribution in [0.4, 0.5) is 20.7 Å². The fourth-order valence-corrected chi connectivity index (χ4v) is 5.21. The van der Waals surface area contributed by atoms with Gasteiger partial charge in [0.25, 0.3) is 0 Å². The van der Waals surface area contributed by atoms with E-state index in [0.717, 1.165) is 21.1 Å². The van der Waals surface area contributed by atoms with Gasteiger partial charge in [0.2, 0.25) is 31.9 Å². The summed E-state index contributed by atoms with van der Waals surface area (Å²) in [7, 11) is -4.53. The maximum absolute atomic E-state index is 13.2. The summed E-state index contributed by atoms with van der Waals surface area (Å²) in [5, 5.41) is 19.4. The minimum atomic E-state index is -3.64. The van der Waals surface area contributed by atoms with E-state index >= 15 is 0 Å². The van der Waals surface area contributed by atoms with Crippen molar-refractivity contribution in [3.05, 3.63) is 82.7 Å². The Morgan fingerprint density at radius 1 is 0.736 bits per heavy atom. The summed E-state index contributed by atoms with van der Waals surface area (Å²) in [6, 6.07) is 10.8. The molecule has 53 heavy (non-hydrogen) atoms. The number of halogens is 6. The molecule has 0 bridgehead atoms. The van der Waals surface area contributed by atoms with Gasteiger partial charge in [-0.1, -0.05) is 27.7 Å². The SMILES string of the molecule is CC(C)c1nc(N(C)S(C)(=O)=O)nc(-c2ccc(F)cc2)c1C(=O)O.CC(C)c1nc(N(C)S(C)(=O)=O)nc(-c2ccc(F)cc2)c1CO.I.I[I-]I. The summed E-state index contributed by atoms with van der Waals surface area (Å²) in [5.41, 5.74) is 2.48. The van der Waals surface area contributed by atoms with Crippen LogP contribution in [0.25, 0.3) is 22.5 Å². The first-order valence-corrected chi connectivity index (χ1v) is 31.3. The Labute approximate surface area is 355 Å². The standard InChI is InChI=1S/C16H18FN3O4S.C16H20FN3O3S.I3.HI/c1-9(2)13-12(15(21)22)14(10-5-7-11(17)8-6-10)19-16(18-13)20(3)25(4,23)24;1-10(2)14-13(9-21)15(11-5-7-12(17)8-6-11)19-16(18-14)20(3)24(4,22)23;1-3-2;/h5-9H,1-4H3,(H,21,22);5-8,10,21H,9H2,1-4H3;;1H/q;;-1;. The third-order valence-electron chi connectivity index (χ3n) is 7.21. The summed E-state index contributed by atoms with van der Waals surface area (Å²) in [6.07, 6.45) is 2.05. The molecule has 294 valence electrons. The van der Waals surface area contributed by atoms with Crippen LogP contribution in [0.5, 0.6) is 0 Å². The zero-order valence-electron chi connectivity index (χ0n) is 29.7. The maximum atomic E-state index is 13.2. The number of carboxylic acids is 1. The third kappa shape index (κ3) is 13.8. The molecule has 0 radical (unpaired) electrons. The van der Waals surface area contributed by atoms with Crippen molar-refractivity contribution in [1.82, 2.24) is 19.9 Å². The van der Waals surface area contributed by atoms with E-state index in [1.807, 2.05) is 13.8 Å². The molecule has 0 spiro atoms. The van der Waals surface area contributed by atoms with Crippen molar-refractivity contribution in [3.63, 3.8) is 0 Å². The van der Waals surface area contributed by atoms with Gasteiger partial charge in [-0.2, -0.15) is 0 Å². The number of hydrogen-bond donors (Lipinski definition) is 2. The topological polar surface area (TPSA) is 184 Å². The number of hydrogen-bond acceptors (Lipinski definition) is 10. The molecular weight excluding hydrogens is 1190 g/mol. The molecule has 21 heteroatoms. The van der Waals surface area contributed by atoms with E-state index in [0.29, 0.717) is 41.3 Å². The van der Waals surface area contributed by atoms with Gasteiger partial charge >= 0.3 is 56.5 Å². The van der Waals surface area contributed by atoms with Crippen molar-refractivity contribution in [2.45, 2.75) is 46.1 Å². The predicted molar refractivity (Wildman–Crippen MR) is 226 cm³/mol. The predicted octanol–water partition coefficient (Wildman–Crippen LogP) is 4.19. The van der Waals surface area contributed by atoms with Gasteiger partial charge in [-0.25, -0.2) is 59.0 Å². The van der Waals surface area contributed by atoms with Crippen LogP contribution in [0, 0.1) is 11.6 Å². The van der Waals surface area contributed by atoms with Gasteiger partial charge in [0.1, 0.15) is 17.2 Å². The zero-order valence-corrected chi connectivity index (χ0v) is 40.1. The van der Waals surface area contributed by atoms with Gasteiger partial charge in [-0.15, -0.1) is 24.0 Å².